The van der Waals surface area contributed by atoms with Crippen molar-refractivity contribution in [2.75, 3.05) is 33.2 Å². The molecular weight excluding hydrogens is 312 g/mol. The molecule has 0 unspecified atom stereocenters. The number of piperazine rings is 1. The number of hydrogen-bond donors (Lipinski definition) is 1. The number of pyridine rings is 1. The van der Waals surface area contributed by atoms with Crippen LogP contribution in [0.4, 0.5) is 0 Å². The number of rotatable bonds is 5. The second kappa shape index (κ2) is 8.23. The maximum atomic E-state index is 12.5. The highest BCUT2D eigenvalue weighted by Crippen LogP contribution is 2.25. The van der Waals surface area contributed by atoms with E-state index in [1.54, 1.807) is 24.5 Å². The summed E-state index contributed by atoms with van der Waals surface area (Å²) in [5.41, 5.74) is 1.84. The van der Waals surface area contributed by atoms with Crippen LogP contribution < -0.4 is 5.32 Å². The van der Waals surface area contributed by atoms with Crippen molar-refractivity contribution in [3.05, 3.63) is 66.0 Å². The van der Waals surface area contributed by atoms with Gasteiger partial charge in [0, 0.05) is 44.6 Å². The number of benzene rings is 1. The highest BCUT2D eigenvalue weighted by atomic mass is 16.1. The Morgan fingerprint density at radius 3 is 2.44 bits per heavy atom. The first-order valence-corrected chi connectivity index (χ1v) is 8.83. The monoisotopic (exact) mass is 338 g/mol. The third kappa shape index (κ3) is 4.44. The molecule has 5 nitrogen and oxygen atoms in total. The second-order valence-corrected chi connectivity index (χ2v) is 6.70. The lowest BCUT2D eigenvalue weighted by Gasteiger charge is -2.41. The van der Waals surface area contributed by atoms with Crippen LogP contribution in [0.2, 0.25) is 0 Å². The van der Waals surface area contributed by atoms with E-state index in [0.29, 0.717) is 5.56 Å². The minimum Gasteiger partial charge on any atom is -0.348 e. The average Bonchev–Trinajstić information content (AvgIpc) is 2.65. The number of likely N-dealkylation sites (N-methyl/N-ethyl adjacent to an activating group) is 1. The predicted octanol–water partition coefficient (Wildman–Crippen LogP) is 2.19. The first-order chi connectivity index (χ1) is 12.1. The van der Waals surface area contributed by atoms with Crippen molar-refractivity contribution in [1.82, 2.24) is 20.1 Å². The third-order valence-electron chi connectivity index (χ3n) is 4.83. The van der Waals surface area contributed by atoms with Crippen LogP contribution in [-0.2, 0) is 0 Å². The van der Waals surface area contributed by atoms with E-state index in [1.165, 1.54) is 5.56 Å². The van der Waals surface area contributed by atoms with Crippen LogP contribution in [0.15, 0.2) is 54.9 Å². The molecule has 0 radical (unpaired) electrons. The van der Waals surface area contributed by atoms with E-state index in [2.05, 4.69) is 58.3 Å². The summed E-state index contributed by atoms with van der Waals surface area (Å²) in [7, 11) is 2.16. The van der Waals surface area contributed by atoms with Gasteiger partial charge in [-0.1, -0.05) is 30.3 Å². The van der Waals surface area contributed by atoms with Crippen molar-refractivity contribution < 1.29 is 4.79 Å². The lowest BCUT2D eigenvalue weighted by molar-refractivity contribution is 0.0791. The molecule has 2 atom stereocenters. The third-order valence-corrected chi connectivity index (χ3v) is 4.83. The molecule has 2 heterocycles. The molecule has 1 amide bonds. The predicted molar refractivity (Wildman–Crippen MR) is 99.4 cm³/mol. The minimum atomic E-state index is -0.0735. The molecule has 25 heavy (non-hydrogen) atoms. The van der Waals surface area contributed by atoms with Gasteiger partial charge in [0.05, 0.1) is 11.6 Å². The van der Waals surface area contributed by atoms with Gasteiger partial charge in [-0.25, -0.2) is 0 Å². The van der Waals surface area contributed by atoms with Gasteiger partial charge in [0.1, 0.15) is 0 Å². The van der Waals surface area contributed by atoms with Gasteiger partial charge in [-0.3, -0.25) is 14.7 Å². The standard InChI is InChI=1S/C20H26N4O/c1-16(22-20(25)18-9-6-10-21-15-18)19(17-7-4-3-5-8-17)24-13-11-23(2)12-14-24/h3-10,15-16,19H,11-14H2,1-2H3,(H,22,25)/t16-,19+/m0/s1. The zero-order chi connectivity index (χ0) is 17.6. The van der Waals surface area contributed by atoms with Crippen LogP contribution in [-0.4, -0.2) is 60.0 Å². The molecule has 3 rings (SSSR count). The molecule has 0 spiro atoms. The van der Waals surface area contributed by atoms with E-state index in [-0.39, 0.29) is 18.0 Å². The molecule has 1 aliphatic rings. The van der Waals surface area contributed by atoms with Crippen molar-refractivity contribution in [2.45, 2.75) is 19.0 Å². The summed E-state index contributed by atoms with van der Waals surface area (Å²) < 4.78 is 0. The largest absolute Gasteiger partial charge is 0.348 e. The van der Waals surface area contributed by atoms with Gasteiger partial charge in [-0.05, 0) is 31.7 Å². The molecular formula is C20H26N4O. The molecule has 0 aliphatic carbocycles. The Morgan fingerprint density at radius 2 is 1.80 bits per heavy atom. The normalized spacial score (nSPS) is 18.5. The molecule has 1 aromatic heterocycles. The molecule has 1 saturated heterocycles. The number of carbonyl (C=O) groups excluding carboxylic acids is 1. The van der Waals surface area contributed by atoms with E-state index in [9.17, 15) is 4.79 Å². The molecule has 132 valence electrons. The Balaban J connectivity index is 1.77. The number of amides is 1. The molecule has 1 aromatic carbocycles. The van der Waals surface area contributed by atoms with Crippen LogP contribution in [0.5, 0.6) is 0 Å². The summed E-state index contributed by atoms with van der Waals surface area (Å²) >= 11 is 0. The van der Waals surface area contributed by atoms with Gasteiger partial charge in [-0.15, -0.1) is 0 Å². The fourth-order valence-electron chi connectivity index (χ4n) is 3.43. The van der Waals surface area contributed by atoms with Crippen molar-refractivity contribution in [2.24, 2.45) is 0 Å². The van der Waals surface area contributed by atoms with Gasteiger partial charge < -0.3 is 10.2 Å². The van der Waals surface area contributed by atoms with Crippen molar-refractivity contribution in [1.29, 1.82) is 0 Å². The van der Waals surface area contributed by atoms with E-state index < -0.39 is 0 Å². The summed E-state index contributed by atoms with van der Waals surface area (Å²) in [6, 6.07) is 14.2. The maximum absolute atomic E-state index is 12.5. The van der Waals surface area contributed by atoms with Gasteiger partial charge in [0.2, 0.25) is 0 Å². The molecule has 1 N–H and O–H groups in total. The first kappa shape index (κ1) is 17.6. The average molecular weight is 338 g/mol. The summed E-state index contributed by atoms with van der Waals surface area (Å²) in [6.07, 6.45) is 3.28. The van der Waals surface area contributed by atoms with E-state index in [1.807, 2.05) is 6.07 Å². The highest BCUT2D eigenvalue weighted by molar-refractivity contribution is 5.94. The van der Waals surface area contributed by atoms with Gasteiger partial charge in [-0.2, -0.15) is 0 Å². The van der Waals surface area contributed by atoms with Crippen LogP contribution in [0.3, 0.4) is 0 Å². The number of nitrogens with one attached hydrogen (secondary N) is 1. The SMILES string of the molecule is C[C@H](NC(=O)c1cccnc1)[C@H](c1ccccc1)N1CCN(C)CC1. The Bertz CT molecular complexity index is 669. The molecule has 1 aliphatic heterocycles. The Hall–Kier alpha value is -2.24. The molecule has 0 bridgehead atoms. The zero-order valence-electron chi connectivity index (χ0n) is 14.9. The molecule has 5 heteroatoms. The lowest BCUT2D eigenvalue weighted by Crippen LogP contribution is -2.51. The number of aromatic nitrogens is 1. The summed E-state index contributed by atoms with van der Waals surface area (Å²) in [4.78, 5) is 21.4. The topological polar surface area (TPSA) is 48.5 Å². The molecule has 2 aromatic rings. The number of nitrogens with zero attached hydrogens (tertiary/aromatic N) is 3. The Labute approximate surface area is 149 Å². The van der Waals surface area contributed by atoms with Crippen LogP contribution in [0.25, 0.3) is 0 Å². The number of carbonyl (C=O) groups is 1. The van der Waals surface area contributed by atoms with Crippen molar-refractivity contribution in [3.8, 4) is 0 Å². The van der Waals surface area contributed by atoms with Crippen LogP contribution in [0, 0.1) is 0 Å². The summed E-state index contributed by atoms with van der Waals surface area (Å²) in [5, 5.41) is 3.17. The first-order valence-electron chi connectivity index (χ1n) is 8.83. The minimum absolute atomic E-state index is 0.00138. The number of hydrogen-bond acceptors (Lipinski definition) is 4. The van der Waals surface area contributed by atoms with Crippen molar-refractivity contribution in [3.63, 3.8) is 0 Å². The smallest absolute Gasteiger partial charge is 0.253 e. The fraction of sp³-hybridized carbons (Fsp3) is 0.400. The lowest BCUT2D eigenvalue weighted by atomic mass is 9.97. The maximum Gasteiger partial charge on any atom is 0.253 e. The molecule has 0 saturated carbocycles. The Morgan fingerprint density at radius 1 is 1.08 bits per heavy atom. The Kier molecular flexibility index (Phi) is 5.79. The summed E-state index contributed by atoms with van der Waals surface area (Å²) in [5.74, 6) is -0.0735. The molecule has 1 fully saturated rings. The summed E-state index contributed by atoms with van der Waals surface area (Å²) in [6.45, 7) is 6.19. The fourth-order valence-corrected chi connectivity index (χ4v) is 3.43. The van der Waals surface area contributed by atoms with Gasteiger partial charge in [0.15, 0.2) is 0 Å². The second-order valence-electron chi connectivity index (χ2n) is 6.70. The van der Waals surface area contributed by atoms with E-state index in [4.69, 9.17) is 0 Å². The highest BCUT2D eigenvalue weighted by Gasteiger charge is 2.29. The quantitative estimate of drug-likeness (QED) is 0.908. The van der Waals surface area contributed by atoms with Crippen molar-refractivity contribution >= 4 is 5.91 Å². The zero-order valence-corrected chi connectivity index (χ0v) is 14.9. The van der Waals surface area contributed by atoms with Crippen LogP contribution >= 0.6 is 0 Å². The van der Waals surface area contributed by atoms with E-state index in [0.717, 1.165) is 26.2 Å². The van der Waals surface area contributed by atoms with Crippen LogP contribution in [0.1, 0.15) is 28.9 Å². The van der Waals surface area contributed by atoms with E-state index >= 15 is 0 Å². The van der Waals surface area contributed by atoms with Gasteiger partial charge >= 0.3 is 0 Å². The van der Waals surface area contributed by atoms with Gasteiger partial charge in [0.25, 0.3) is 5.91 Å².